The lowest BCUT2D eigenvalue weighted by molar-refractivity contribution is -0.126. The summed E-state index contributed by atoms with van der Waals surface area (Å²) in [6.07, 6.45) is -0.810. The zero-order valence-corrected chi connectivity index (χ0v) is 13.3. The molecule has 0 saturated carbocycles. The summed E-state index contributed by atoms with van der Waals surface area (Å²) in [5.74, 6) is 0.0566. The standard InChI is InChI=1S/C14H19N3O3S/c1-7-5-10(12(15)21)6-8(2)11(7)20-9(3)13(18)17-14(19)16-4/h5-6,9H,1-4H3,(H2,15,21)(H2,16,17,18,19). The Kier molecular flexibility index (Phi) is 5.66. The quantitative estimate of drug-likeness (QED) is 0.726. The highest BCUT2D eigenvalue weighted by Crippen LogP contribution is 2.26. The fraction of sp³-hybridized carbons (Fsp3) is 0.357. The Morgan fingerprint density at radius 1 is 1.29 bits per heavy atom. The Morgan fingerprint density at radius 2 is 1.81 bits per heavy atom. The van der Waals surface area contributed by atoms with Crippen LogP contribution >= 0.6 is 12.2 Å². The summed E-state index contributed by atoms with van der Waals surface area (Å²) in [4.78, 5) is 23.2. The van der Waals surface area contributed by atoms with Gasteiger partial charge in [-0.25, -0.2) is 4.79 Å². The molecule has 7 heteroatoms. The smallest absolute Gasteiger partial charge is 0.321 e. The lowest BCUT2D eigenvalue weighted by atomic mass is 10.1. The van der Waals surface area contributed by atoms with Gasteiger partial charge in [0.15, 0.2) is 6.10 Å². The molecule has 0 heterocycles. The van der Waals surface area contributed by atoms with Crippen LogP contribution in [-0.4, -0.2) is 30.1 Å². The van der Waals surface area contributed by atoms with Gasteiger partial charge in [-0.15, -0.1) is 0 Å². The third-order valence-corrected chi connectivity index (χ3v) is 3.11. The van der Waals surface area contributed by atoms with Gasteiger partial charge < -0.3 is 15.8 Å². The molecule has 1 aromatic rings. The molecule has 0 fully saturated rings. The molecule has 0 aromatic heterocycles. The molecule has 1 atom stereocenters. The van der Waals surface area contributed by atoms with E-state index in [-0.39, 0.29) is 0 Å². The van der Waals surface area contributed by atoms with Crippen LogP contribution in [0.3, 0.4) is 0 Å². The molecule has 1 aromatic carbocycles. The predicted molar refractivity (Wildman–Crippen MR) is 84.5 cm³/mol. The molecule has 0 aliphatic rings. The van der Waals surface area contributed by atoms with Crippen molar-refractivity contribution in [3.8, 4) is 5.75 Å². The number of hydrogen-bond donors (Lipinski definition) is 3. The summed E-state index contributed by atoms with van der Waals surface area (Å²) in [7, 11) is 1.43. The van der Waals surface area contributed by atoms with Crippen LogP contribution in [0.2, 0.25) is 0 Å². The Bertz CT molecular complexity index is 564. The van der Waals surface area contributed by atoms with Crippen molar-refractivity contribution < 1.29 is 14.3 Å². The molecule has 0 spiro atoms. The van der Waals surface area contributed by atoms with Crippen LogP contribution in [0.1, 0.15) is 23.6 Å². The summed E-state index contributed by atoms with van der Waals surface area (Å²) >= 11 is 4.94. The van der Waals surface area contributed by atoms with Crippen molar-refractivity contribution in [3.63, 3.8) is 0 Å². The highest BCUT2D eigenvalue weighted by molar-refractivity contribution is 7.80. The fourth-order valence-electron chi connectivity index (χ4n) is 1.78. The molecule has 0 aliphatic carbocycles. The number of nitrogens with one attached hydrogen (secondary N) is 2. The first-order valence-corrected chi connectivity index (χ1v) is 6.77. The topological polar surface area (TPSA) is 93.5 Å². The van der Waals surface area contributed by atoms with Gasteiger partial charge in [0.2, 0.25) is 0 Å². The van der Waals surface area contributed by atoms with Gasteiger partial charge in [-0.05, 0) is 44.0 Å². The van der Waals surface area contributed by atoms with Gasteiger partial charge in [0.25, 0.3) is 5.91 Å². The van der Waals surface area contributed by atoms with E-state index in [9.17, 15) is 9.59 Å². The number of hydrogen-bond acceptors (Lipinski definition) is 4. The Labute approximate surface area is 129 Å². The maximum atomic E-state index is 11.8. The molecule has 0 saturated heterocycles. The monoisotopic (exact) mass is 309 g/mol. The second-order valence-electron chi connectivity index (χ2n) is 4.63. The van der Waals surface area contributed by atoms with Crippen LogP contribution in [-0.2, 0) is 4.79 Å². The van der Waals surface area contributed by atoms with Crippen molar-refractivity contribution in [1.29, 1.82) is 0 Å². The van der Waals surface area contributed by atoms with Crippen molar-refractivity contribution in [3.05, 3.63) is 28.8 Å². The van der Waals surface area contributed by atoms with E-state index < -0.39 is 18.0 Å². The highest BCUT2D eigenvalue weighted by Gasteiger charge is 2.19. The van der Waals surface area contributed by atoms with Crippen molar-refractivity contribution in [2.45, 2.75) is 26.9 Å². The molecule has 1 rings (SSSR count). The maximum absolute atomic E-state index is 11.8. The number of thiocarbonyl (C=S) groups is 1. The van der Waals surface area contributed by atoms with E-state index in [4.69, 9.17) is 22.7 Å². The molecule has 0 bridgehead atoms. The van der Waals surface area contributed by atoms with E-state index >= 15 is 0 Å². The summed E-state index contributed by atoms with van der Waals surface area (Å²) < 4.78 is 5.64. The van der Waals surface area contributed by atoms with Crippen LogP contribution in [0.5, 0.6) is 5.75 Å². The number of ether oxygens (including phenoxy) is 1. The summed E-state index contributed by atoms with van der Waals surface area (Å²) in [5, 5.41) is 4.47. The average Bonchev–Trinajstić information content (AvgIpc) is 2.41. The van der Waals surface area contributed by atoms with Crippen LogP contribution in [0, 0.1) is 13.8 Å². The minimum atomic E-state index is -0.810. The summed E-state index contributed by atoms with van der Waals surface area (Å²) in [6, 6.07) is 3.02. The normalized spacial score (nSPS) is 11.4. The molecular formula is C14H19N3O3S. The van der Waals surface area contributed by atoms with E-state index in [1.807, 2.05) is 13.8 Å². The van der Waals surface area contributed by atoms with E-state index in [1.165, 1.54) is 7.05 Å². The van der Waals surface area contributed by atoms with Crippen LogP contribution < -0.4 is 21.1 Å². The van der Waals surface area contributed by atoms with Crippen LogP contribution in [0.15, 0.2) is 12.1 Å². The average molecular weight is 309 g/mol. The second kappa shape index (κ2) is 7.03. The number of imide groups is 1. The van der Waals surface area contributed by atoms with Crippen molar-refractivity contribution in [2.24, 2.45) is 5.73 Å². The number of carbonyl (C=O) groups excluding carboxylic acids is 2. The Balaban J connectivity index is 2.90. The molecule has 6 nitrogen and oxygen atoms in total. The number of urea groups is 1. The zero-order valence-electron chi connectivity index (χ0n) is 12.4. The third kappa shape index (κ3) is 4.42. The molecule has 3 amide bonds. The molecule has 114 valence electrons. The van der Waals surface area contributed by atoms with E-state index in [2.05, 4.69) is 10.6 Å². The van der Waals surface area contributed by atoms with E-state index in [0.29, 0.717) is 10.7 Å². The predicted octanol–water partition coefficient (Wildman–Crippen LogP) is 1.16. The fourth-order valence-corrected chi connectivity index (χ4v) is 1.90. The number of benzene rings is 1. The molecule has 4 N–H and O–H groups in total. The van der Waals surface area contributed by atoms with Crippen molar-refractivity contribution in [1.82, 2.24) is 10.6 Å². The van der Waals surface area contributed by atoms with Gasteiger partial charge in [0, 0.05) is 12.6 Å². The number of rotatable bonds is 4. The Morgan fingerprint density at radius 3 is 2.24 bits per heavy atom. The maximum Gasteiger partial charge on any atom is 0.321 e. The van der Waals surface area contributed by atoms with Gasteiger partial charge in [0.1, 0.15) is 10.7 Å². The van der Waals surface area contributed by atoms with Gasteiger partial charge in [-0.2, -0.15) is 0 Å². The first-order valence-electron chi connectivity index (χ1n) is 6.36. The van der Waals surface area contributed by atoms with E-state index in [0.717, 1.165) is 16.7 Å². The minimum Gasteiger partial charge on any atom is -0.480 e. The lowest BCUT2D eigenvalue weighted by Crippen LogP contribution is -2.44. The number of amides is 3. The largest absolute Gasteiger partial charge is 0.480 e. The first kappa shape index (κ1) is 16.9. The number of aryl methyl sites for hydroxylation is 2. The van der Waals surface area contributed by atoms with Gasteiger partial charge in [0.05, 0.1) is 0 Å². The Hall–Kier alpha value is -2.15. The first-order chi connectivity index (χ1) is 9.76. The molecule has 1 unspecified atom stereocenters. The van der Waals surface area contributed by atoms with Gasteiger partial charge in [-0.3, -0.25) is 10.1 Å². The second-order valence-corrected chi connectivity index (χ2v) is 5.07. The number of carbonyl (C=O) groups is 2. The molecule has 0 aliphatic heterocycles. The SMILES string of the molecule is CNC(=O)NC(=O)C(C)Oc1c(C)cc(C(N)=S)cc1C. The lowest BCUT2D eigenvalue weighted by Gasteiger charge is -2.18. The van der Waals surface area contributed by atoms with Gasteiger partial charge >= 0.3 is 6.03 Å². The van der Waals surface area contributed by atoms with E-state index in [1.54, 1.807) is 19.1 Å². The molecular weight excluding hydrogens is 290 g/mol. The highest BCUT2D eigenvalue weighted by atomic mass is 32.1. The van der Waals surface area contributed by atoms with Crippen molar-refractivity contribution >= 4 is 29.1 Å². The van der Waals surface area contributed by atoms with Crippen molar-refractivity contribution in [2.75, 3.05) is 7.05 Å². The number of nitrogens with two attached hydrogens (primary N) is 1. The zero-order chi connectivity index (χ0) is 16.2. The summed E-state index contributed by atoms with van der Waals surface area (Å²) in [6.45, 7) is 5.25. The van der Waals surface area contributed by atoms with Crippen LogP contribution in [0.4, 0.5) is 4.79 Å². The van der Waals surface area contributed by atoms with Crippen LogP contribution in [0.25, 0.3) is 0 Å². The third-order valence-electron chi connectivity index (χ3n) is 2.87. The van der Waals surface area contributed by atoms with Gasteiger partial charge in [-0.1, -0.05) is 12.2 Å². The molecule has 0 radical (unpaired) electrons. The molecule has 21 heavy (non-hydrogen) atoms. The minimum absolute atomic E-state index is 0.304. The summed E-state index contributed by atoms with van der Waals surface area (Å²) in [5.41, 5.74) is 7.98.